The molecule has 0 fully saturated rings. The van der Waals surface area contributed by atoms with E-state index in [0.717, 1.165) is 32.1 Å². The molecule has 2 unspecified atom stereocenters. The fourth-order valence-electron chi connectivity index (χ4n) is 9.08. The highest BCUT2D eigenvalue weighted by Gasteiger charge is 2.18. The van der Waals surface area contributed by atoms with E-state index < -0.39 is 12.1 Å². The molecule has 4 heteroatoms. The van der Waals surface area contributed by atoms with E-state index in [4.69, 9.17) is 0 Å². The van der Waals surface area contributed by atoms with Gasteiger partial charge in [-0.3, -0.25) is 4.79 Å². The first-order chi connectivity index (χ1) is 30.7. The monoisotopic (exact) mass is 872 g/mol. The van der Waals surface area contributed by atoms with E-state index in [1.807, 2.05) is 6.08 Å². The van der Waals surface area contributed by atoms with Gasteiger partial charge in [-0.15, -0.1) is 0 Å². The van der Waals surface area contributed by atoms with Gasteiger partial charge < -0.3 is 15.5 Å². The van der Waals surface area contributed by atoms with Crippen molar-refractivity contribution in [3.05, 3.63) is 24.3 Å². The Bertz CT molecular complexity index is 901. The van der Waals surface area contributed by atoms with E-state index in [-0.39, 0.29) is 12.5 Å². The number of hydrogen-bond acceptors (Lipinski definition) is 3. The number of aliphatic hydroxyl groups is 2. The topological polar surface area (TPSA) is 69.6 Å². The molecule has 0 rings (SSSR count). The van der Waals surface area contributed by atoms with Gasteiger partial charge in [-0.05, 0) is 32.1 Å². The third kappa shape index (κ3) is 49.9. The first kappa shape index (κ1) is 60.9. The second-order valence-corrected chi connectivity index (χ2v) is 19.7. The second kappa shape index (κ2) is 54.2. The number of aliphatic hydroxyl groups excluding tert-OH is 2. The Morgan fingerprint density at radius 3 is 0.935 bits per heavy atom. The minimum absolute atomic E-state index is 0.0676. The average molecular weight is 873 g/mol. The van der Waals surface area contributed by atoms with Crippen LogP contribution in [0.3, 0.4) is 0 Å². The maximum atomic E-state index is 12.4. The van der Waals surface area contributed by atoms with Crippen LogP contribution in [0.2, 0.25) is 0 Å². The van der Waals surface area contributed by atoms with Crippen LogP contribution < -0.4 is 5.32 Å². The van der Waals surface area contributed by atoms with Gasteiger partial charge in [0.1, 0.15) is 0 Å². The van der Waals surface area contributed by atoms with Crippen molar-refractivity contribution in [3.8, 4) is 0 Å². The van der Waals surface area contributed by atoms with Crippen LogP contribution in [-0.2, 0) is 4.79 Å². The van der Waals surface area contributed by atoms with E-state index >= 15 is 0 Å². The Balaban J connectivity index is 3.47. The van der Waals surface area contributed by atoms with Crippen molar-refractivity contribution < 1.29 is 15.0 Å². The lowest BCUT2D eigenvalue weighted by Gasteiger charge is -2.19. The Hall–Kier alpha value is -1.13. The molecule has 1 amide bonds. The molecule has 0 heterocycles. The number of nitrogens with one attached hydrogen (secondary N) is 1. The molecular weight excluding hydrogens is 759 g/mol. The molecule has 0 radical (unpaired) electrons. The molecule has 0 saturated heterocycles. The fraction of sp³-hybridized carbons (Fsp3) is 0.914. The molecule has 0 aromatic rings. The molecule has 368 valence electrons. The van der Waals surface area contributed by atoms with Gasteiger partial charge in [0.25, 0.3) is 0 Å². The highest BCUT2D eigenvalue weighted by Crippen LogP contribution is 2.18. The minimum Gasteiger partial charge on any atom is -0.394 e. The molecule has 0 saturated carbocycles. The number of carbonyl (C=O) groups excluding carboxylic acids is 1. The Morgan fingerprint density at radius 2 is 0.629 bits per heavy atom. The SMILES string of the molecule is CCCCCCCCCCCCCCCCCCCCCCCCCCCC/C=C/CC/C=C/C(O)C(CO)NC(=O)CCCCCCCCCCCCCCCCCCCC. The van der Waals surface area contributed by atoms with Gasteiger partial charge in [-0.25, -0.2) is 0 Å². The first-order valence-electron chi connectivity index (χ1n) is 28.6. The van der Waals surface area contributed by atoms with Gasteiger partial charge >= 0.3 is 0 Å². The molecular formula is C58H113NO3. The van der Waals surface area contributed by atoms with Crippen molar-refractivity contribution in [1.29, 1.82) is 0 Å². The Morgan fingerprint density at radius 1 is 0.371 bits per heavy atom. The number of allylic oxidation sites excluding steroid dienone is 3. The number of carbonyl (C=O) groups is 1. The van der Waals surface area contributed by atoms with Crippen LogP contribution in [0.1, 0.15) is 322 Å². The van der Waals surface area contributed by atoms with E-state index in [9.17, 15) is 15.0 Å². The summed E-state index contributed by atoms with van der Waals surface area (Å²) in [4.78, 5) is 12.4. The highest BCUT2D eigenvalue weighted by atomic mass is 16.3. The van der Waals surface area contributed by atoms with Crippen LogP contribution in [0.4, 0.5) is 0 Å². The second-order valence-electron chi connectivity index (χ2n) is 19.7. The zero-order valence-corrected chi connectivity index (χ0v) is 42.4. The van der Waals surface area contributed by atoms with Gasteiger partial charge in [0.05, 0.1) is 18.8 Å². The number of unbranched alkanes of at least 4 members (excludes halogenated alkanes) is 44. The van der Waals surface area contributed by atoms with Gasteiger partial charge in [-0.2, -0.15) is 0 Å². The zero-order chi connectivity index (χ0) is 44.9. The van der Waals surface area contributed by atoms with Crippen LogP contribution in [-0.4, -0.2) is 34.9 Å². The lowest BCUT2D eigenvalue weighted by atomic mass is 10.0. The summed E-state index contributed by atoms with van der Waals surface area (Å²) in [6.45, 7) is 4.34. The van der Waals surface area contributed by atoms with E-state index in [0.29, 0.717) is 6.42 Å². The quantitative estimate of drug-likeness (QED) is 0.0421. The molecule has 0 spiro atoms. The van der Waals surface area contributed by atoms with E-state index in [2.05, 4.69) is 31.3 Å². The summed E-state index contributed by atoms with van der Waals surface area (Å²) in [6.07, 6.45) is 72.1. The molecule has 0 aliphatic rings. The number of amides is 1. The molecule has 62 heavy (non-hydrogen) atoms. The van der Waals surface area contributed by atoms with Crippen LogP contribution >= 0.6 is 0 Å². The standard InChI is InChI=1S/C58H113NO3/c1-3-5-7-9-11-13-15-17-19-21-23-24-25-26-27-28-29-30-31-32-33-34-35-36-37-39-41-43-45-47-49-51-53-57(61)56(55-60)59-58(62)54-52-50-48-46-44-42-40-38-22-20-18-16-14-12-10-8-6-4-2/h43,45,51,53,56-57,60-61H,3-42,44,46-50,52,54-55H2,1-2H3,(H,59,62)/b45-43+,53-51+. The fourth-order valence-corrected chi connectivity index (χ4v) is 9.08. The van der Waals surface area contributed by atoms with Crippen LogP contribution in [0.5, 0.6) is 0 Å². The molecule has 2 atom stereocenters. The number of rotatable bonds is 53. The third-order valence-corrected chi connectivity index (χ3v) is 13.4. The van der Waals surface area contributed by atoms with Crippen molar-refractivity contribution in [2.24, 2.45) is 0 Å². The lowest BCUT2D eigenvalue weighted by molar-refractivity contribution is -0.123. The first-order valence-corrected chi connectivity index (χ1v) is 28.6. The molecule has 4 nitrogen and oxygen atoms in total. The predicted octanol–water partition coefficient (Wildman–Crippen LogP) is 18.7. The molecule has 0 aliphatic carbocycles. The molecule has 3 N–H and O–H groups in total. The van der Waals surface area contributed by atoms with Crippen molar-refractivity contribution >= 4 is 5.91 Å². The maximum absolute atomic E-state index is 12.4. The van der Waals surface area contributed by atoms with Crippen LogP contribution in [0.25, 0.3) is 0 Å². The summed E-state index contributed by atoms with van der Waals surface area (Å²) in [7, 11) is 0. The van der Waals surface area contributed by atoms with Gasteiger partial charge in [-0.1, -0.05) is 308 Å². The van der Waals surface area contributed by atoms with Crippen molar-refractivity contribution in [2.75, 3.05) is 6.61 Å². The smallest absolute Gasteiger partial charge is 0.220 e. The summed E-state index contributed by atoms with van der Waals surface area (Å²) in [5.41, 5.74) is 0. The summed E-state index contributed by atoms with van der Waals surface area (Å²) in [6, 6.07) is -0.636. The summed E-state index contributed by atoms with van der Waals surface area (Å²) < 4.78 is 0. The lowest BCUT2D eigenvalue weighted by Crippen LogP contribution is -2.45. The summed E-state index contributed by atoms with van der Waals surface area (Å²) in [5, 5.41) is 23.1. The van der Waals surface area contributed by atoms with Crippen LogP contribution in [0, 0.1) is 0 Å². The predicted molar refractivity (Wildman–Crippen MR) is 276 cm³/mol. The minimum atomic E-state index is -0.859. The molecule has 0 aromatic heterocycles. The van der Waals surface area contributed by atoms with Crippen molar-refractivity contribution in [2.45, 2.75) is 334 Å². The highest BCUT2D eigenvalue weighted by molar-refractivity contribution is 5.76. The Labute approximate surface area is 389 Å². The van der Waals surface area contributed by atoms with E-state index in [1.165, 1.54) is 270 Å². The third-order valence-electron chi connectivity index (χ3n) is 13.4. The van der Waals surface area contributed by atoms with Gasteiger partial charge in [0.2, 0.25) is 5.91 Å². The van der Waals surface area contributed by atoms with Crippen molar-refractivity contribution in [3.63, 3.8) is 0 Å². The van der Waals surface area contributed by atoms with Gasteiger partial charge in [0.15, 0.2) is 0 Å². The molecule has 0 aromatic carbocycles. The molecule has 0 aliphatic heterocycles. The molecule has 0 bridgehead atoms. The normalized spacial score (nSPS) is 12.9. The zero-order valence-electron chi connectivity index (χ0n) is 42.4. The largest absolute Gasteiger partial charge is 0.394 e. The maximum Gasteiger partial charge on any atom is 0.220 e. The average Bonchev–Trinajstić information content (AvgIpc) is 3.28. The number of hydrogen-bond donors (Lipinski definition) is 3. The summed E-state index contributed by atoms with van der Waals surface area (Å²) >= 11 is 0. The van der Waals surface area contributed by atoms with Crippen LogP contribution in [0.15, 0.2) is 24.3 Å². The Kier molecular flexibility index (Phi) is 53.2. The van der Waals surface area contributed by atoms with Gasteiger partial charge in [0, 0.05) is 6.42 Å². The van der Waals surface area contributed by atoms with E-state index in [1.54, 1.807) is 6.08 Å². The summed E-state index contributed by atoms with van der Waals surface area (Å²) in [5.74, 6) is -0.0676. The van der Waals surface area contributed by atoms with Crippen molar-refractivity contribution in [1.82, 2.24) is 5.32 Å².